The summed E-state index contributed by atoms with van der Waals surface area (Å²) >= 11 is 5.02. The first-order valence-electron chi connectivity index (χ1n) is 3.82. The van der Waals surface area contributed by atoms with Crippen LogP contribution in [0.1, 0.15) is 5.82 Å². The summed E-state index contributed by atoms with van der Waals surface area (Å²) < 4.78 is 60.8. The van der Waals surface area contributed by atoms with Crippen LogP contribution in [0.5, 0.6) is 0 Å². The fourth-order valence-electron chi connectivity index (χ4n) is 0.885. The molecule has 0 saturated carbocycles. The van der Waals surface area contributed by atoms with Crippen LogP contribution in [0.2, 0.25) is 0 Å². The van der Waals surface area contributed by atoms with Crippen molar-refractivity contribution in [2.75, 3.05) is 0 Å². The second-order valence-electron chi connectivity index (χ2n) is 2.83. The van der Waals surface area contributed by atoms with E-state index in [9.17, 15) is 22.0 Å². The molecule has 0 radical (unpaired) electrons. The van der Waals surface area contributed by atoms with Gasteiger partial charge in [-0.05, 0) is 0 Å². The fourth-order valence-corrected chi connectivity index (χ4v) is 1.15. The molecule has 1 N–H and O–H groups in total. The Balaban J connectivity index is 2.72. The molecule has 15 heavy (non-hydrogen) atoms. The standard InChI is InChI=1S/C7H6ClF5N2/c8-4(3-5-14-1-2-15-5)6(9,10)7(11,12)13/h1-2,4H,3H2,(H,14,15). The van der Waals surface area contributed by atoms with E-state index in [2.05, 4.69) is 9.97 Å². The molecule has 1 atom stereocenters. The summed E-state index contributed by atoms with van der Waals surface area (Å²) in [7, 11) is 0. The molecule has 0 spiro atoms. The maximum absolute atomic E-state index is 12.6. The van der Waals surface area contributed by atoms with Gasteiger partial charge in [0.1, 0.15) is 11.2 Å². The van der Waals surface area contributed by atoms with E-state index in [4.69, 9.17) is 11.6 Å². The number of aromatic nitrogens is 2. The van der Waals surface area contributed by atoms with E-state index in [-0.39, 0.29) is 5.82 Å². The van der Waals surface area contributed by atoms with Crippen molar-refractivity contribution in [2.45, 2.75) is 23.9 Å². The zero-order chi connectivity index (χ0) is 11.7. The Morgan fingerprint density at radius 2 is 1.93 bits per heavy atom. The molecule has 8 heteroatoms. The molecule has 1 unspecified atom stereocenters. The fraction of sp³-hybridized carbons (Fsp3) is 0.571. The van der Waals surface area contributed by atoms with E-state index in [0.717, 1.165) is 0 Å². The van der Waals surface area contributed by atoms with Gasteiger partial charge in [0.25, 0.3) is 0 Å². The van der Waals surface area contributed by atoms with E-state index >= 15 is 0 Å². The van der Waals surface area contributed by atoms with Gasteiger partial charge < -0.3 is 4.98 Å². The van der Waals surface area contributed by atoms with E-state index < -0.39 is 23.9 Å². The highest BCUT2D eigenvalue weighted by Crippen LogP contribution is 2.41. The highest BCUT2D eigenvalue weighted by atomic mass is 35.5. The van der Waals surface area contributed by atoms with Gasteiger partial charge in [-0.3, -0.25) is 0 Å². The van der Waals surface area contributed by atoms with Crippen LogP contribution < -0.4 is 0 Å². The average Bonchev–Trinajstić information content (AvgIpc) is 2.54. The van der Waals surface area contributed by atoms with Gasteiger partial charge in [-0.1, -0.05) is 0 Å². The predicted octanol–water partition coefficient (Wildman–Crippen LogP) is 2.76. The highest BCUT2D eigenvalue weighted by molar-refractivity contribution is 6.21. The molecule has 0 saturated heterocycles. The van der Waals surface area contributed by atoms with Gasteiger partial charge in [0.05, 0.1) is 0 Å². The normalized spacial score (nSPS) is 15.3. The summed E-state index contributed by atoms with van der Waals surface area (Å²) in [4.78, 5) is 5.91. The summed E-state index contributed by atoms with van der Waals surface area (Å²) in [5.74, 6) is -4.94. The number of nitrogens with one attached hydrogen (secondary N) is 1. The second kappa shape index (κ2) is 3.96. The number of aromatic amines is 1. The molecule has 0 aliphatic rings. The van der Waals surface area contributed by atoms with Gasteiger partial charge in [0.15, 0.2) is 0 Å². The summed E-state index contributed by atoms with van der Waals surface area (Å²) in [5.41, 5.74) is 0. The lowest BCUT2D eigenvalue weighted by molar-refractivity contribution is -0.282. The molecule has 1 rings (SSSR count). The summed E-state index contributed by atoms with van der Waals surface area (Å²) in [6.07, 6.45) is -3.78. The van der Waals surface area contributed by atoms with E-state index in [0.29, 0.717) is 0 Å². The summed E-state index contributed by atoms with van der Waals surface area (Å²) in [6, 6.07) is 0. The average molecular weight is 249 g/mol. The maximum atomic E-state index is 12.6. The Morgan fingerprint density at radius 3 is 2.33 bits per heavy atom. The number of hydrogen-bond donors (Lipinski definition) is 1. The molecule has 0 aromatic carbocycles. The molecular formula is C7H6ClF5N2. The van der Waals surface area contributed by atoms with Crippen molar-refractivity contribution >= 4 is 11.6 Å². The van der Waals surface area contributed by atoms with Crippen molar-refractivity contribution in [3.05, 3.63) is 18.2 Å². The lowest BCUT2D eigenvalue weighted by Gasteiger charge is -2.23. The third-order valence-corrected chi connectivity index (χ3v) is 2.13. The Kier molecular flexibility index (Phi) is 3.22. The van der Waals surface area contributed by atoms with Gasteiger partial charge >= 0.3 is 12.1 Å². The number of hydrogen-bond acceptors (Lipinski definition) is 1. The minimum atomic E-state index is -5.65. The molecule has 1 heterocycles. The Labute approximate surface area is 86.5 Å². The first-order chi connectivity index (χ1) is 6.75. The van der Waals surface area contributed by atoms with Crippen LogP contribution >= 0.6 is 11.6 Å². The van der Waals surface area contributed by atoms with Crippen molar-refractivity contribution in [1.82, 2.24) is 9.97 Å². The van der Waals surface area contributed by atoms with Crippen LogP contribution in [0.15, 0.2) is 12.4 Å². The number of halogens is 6. The molecule has 0 aliphatic heterocycles. The van der Waals surface area contributed by atoms with Crippen LogP contribution in [0.3, 0.4) is 0 Å². The summed E-state index contributed by atoms with van der Waals surface area (Å²) in [6.45, 7) is 0. The smallest absolute Gasteiger partial charge is 0.349 e. The quantitative estimate of drug-likeness (QED) is 0.647. The second-order valence-corrected chi connectivity index (χ2v) is 3.36. The first-order valence-corrected chi connectivity index (χ1v) is 4.25. The minimum absolute atomic E-state index is 0.0149. The van der Waals surface area contributed by atoms with Crippen molar-refractivity contribution < 1.29 is 22.0 Å². The SMILES string of the molecule is FC(F)(F)C(F)(F)C(Cl)Cc1ncc[nH]1. The van der Waals surface area contributed by atoms with Gasteiger partial charge in [0, 0.05) is 18.8 Å². The number of nitrogens with zero attached hydrogens (tertiary/aromatic N) is 1. The van der Waals surface area contributed by atoms with E-state index in [1.807, 2.05) is 0 Å². The Bertz CT molecular complexity index is 308. The third-order valence-electron chi connectivity index (χ3n) is 1.70. The number of H-pyrrole nitrogens is 1. The van der Waals surface area contributed by atoms with Crippen LogP contribution in [0, 0.1) is 0 Å². The largest absolute Gasteiger partial charge is 0.454 e. The van der Waals surface area contributed by atoms with Crippen molar-refractivity contribution in [1.29, 1.82) is 0 Å². The number of imidazole rings is 1. The predicted molar refractivity (Wildman–Crippen MR) is 42.9 cm³/mol. The summed E-state index contributed by atoms with van der Waals surface area (Å²) in [5, 5.41) is -2.37. The molecule has 0 aliphatic carbocycles. The maximum Gasteiger partial charge on any atom is 0.454 e. The molecule has 86 valence electrons. The van der Waals surface area contributed by atoms with Crippen LogP contribution in [-0.4, -0.2) is 27.4 Å². The molecular weight excluding hydrogens is 243 g/mol. The Hall–Kier alpha value is -0.850. The molecule has 0 fully saturated rings. The lowest BCUT2D eigenvalue weighted by atomic mass is 10.1. The third kappa shape index (κ3) is 2.58. The monoisotopic (exact) mass is 248 g/mol. The number of rotatable bonds is 3. The zero-order valence-electron chi connectivity index (χ0n) is 7.15. The van der Waals surface area contributed by atoms with E-state index in [1.54, 1.807) is 0 Å². The molecule has 1 aromatic heterocycles. The molecule has 1 aromatic rings. The van der Waals surface area contributed by atoms with Crippen LogP contribution in [-0.2, 0) is 6.42 Å². The molecule has 0 bridgehead atoms. The topological polar surface area (TPSA) is 28.7 Å². The van der Waals surface area contributed by atoms with Gasteiger partial charge in [-0.25, -0.2) is 4.98 Å². The minimum Gasteiger partial charge on any atom is -0.349 e. The number of alkyl halides is 6. The van der Waals surface area contributed by atoms with Crippen molar-refractivity contribution in [3.8, 4) is 0 Å². The first kappa shape index (κ1) is 12.2. The molecule has 2 nitrogen and oxygen atoms in total. The van der Waals surface area contributed by atoms with Gasteiger partial charge in [0.2, 0.25) is 0 Å². The van der Waals surface area contributed by atoms with Gasteiger partial charge in [-0.15, -0.1) is 11.6 Å². The molecule has 0 amide bonds. The van der Waals surface area contributed by atoms with Crippen molar-refractivity contribution in [3.63, 3.8) is 0 Å². The zero-order valence-corrected chi connectivity index (χ0v) is 7.91. The van der Waals surface area contributed by atoms with Gasteiger partial charge in [-0.2, -0.15) is 22.0 Å². The van der Waals surface area contributed by atoms with Crippen LogP contribution in [0.25, 0.3) is 0 Å². The van der Waals surface area contributed by atoms with Crippen molar-refractivity contribution in [2.24, 2.45) is 0 Å². The highest BCUT2D eigenvalue weighted by Gasteiger charge is 2.61. The van der Waals surface area contributed by atoms with E-state index in [1.165, 1.54) is 12.4 Å². The Morgan fingerprint density at radius 1 is 1.33 bits per heavy atom. The van der Waals surface area contributed by atoms with Crippen LogP contribution in [0.4, 0.5) is 22.0 Å². The lowest BCUT2D eigenvalue weighted by Crippen LogP contribution is -2.45.